The van der Waals surface area contributed by atoms with Gasteiger partial charge in [-0.2, -0.15) is 0 Å². The lowest BCUT2D eigenvalue weighted by Crippen LogP contribution is -2.36. The Kier molecular flexibility index (Phi) is 6.53. The van der Waals surface area contributed by atoms with Crippen LogP contribution in [-0.4, -0.2) is 34.3 Å². The number of hydrogen-bond acceptors (Lipinski definition) is 2. The second-order valence-electron chi connectivity index (χ2n) is 3.66. The van der Waals surface area contributed by atoms with E-state index in [1.54, 1.807) is 6.26 Å². The Labute approximate surface area is 88.8 Å². The van der Waals surface area contributed by atoms with E-state index in [4.69, 9.17) is 5.73 Å². The van der Waals surface area contributed by atoms with Gasteiger partial charge in [0.1, 0.15) is 0 Å². The first-order valence-corrected chi connectivity index (χ1v) is 6.44. The molecular weight excluding hydrogens is 198 g/mol. The molecule has 0 aliphatic rings. The van der Waals surface area contributed by atoms with Crippen LogP contribution in [0.4, 0.5) is 0 Å². The van der Waals surface area contributed by atoms with Crippen LogP contribution >= 0.6 is 0 Å². The maximum absolute atomic E-state index is 11.0. The van der Waals surface area contributed by atoms with Crippen molar-refractivity contribution in [1.29, 1.82) is 0 Å². The first kappa shape index (κ1) is 13.4. The van der Waals surface area contributed by atoms with Crippen LogP contribution in [0.2, 0.25) is 0 Å². The molecule has 0 aromatic heterocycles. The van der Waals surface area contributed by atoms with Crippen LogP contribution in [0.3, 0.4) is 0 Å². The maximum atomic E-state index is 11.0. The minimum atomic E-state index is -0.766. The Morgan fingerprint density at radius 2 is 2.07 bits per heavy atom. The van der Waals surface area contributed by atoms with Gasteiger partial charge < -0.3 is 11.1 Å². The smallest absolute Gasteiger partial charge is 0.188 e. The number of guanidine groups is 1. The molecule has 4 nitrogen and oxygen atoms in total. The van der Waals surface area contributed by atoms with Crippen molar-refractivity contribution in [3.8, 4) is 0 Å². The molecule has 0 fully saturated rings. The zero-order valence-electron chi connectivity index (χ0n) is 9.41. The summed E-state index contributed by atoms with van der Waals surface area (Å²) in [6, 6.07) is 0.302. The fourth-order valence-electron chi connectivity index (χ4n) is 0.874. The third-order valence-electron chi connectivity index (χ3n) is 1.82. The van der Waals surface area contributed by atoms with Crippen LogP contribution in [0.15, 0.2) is 4.99 Å². The number of nitrogens with zero attached hydrogens (tertiary/aromatic N) is 1. The highest BCUT2D eigenvalue weighted by Crippen LogP contribution is 1.98. The number of nitrogens with two attached hydrogens (primary N) is 1. The van der Waals surface area contributed by atoms with Crippen LogP contribution in [0.25, 0.3) is 0 Å². The highest BCUT2D eigenvalue weighted by molar-refractivity contribution is 7.84. The van der Waals surface area contributed by atoms with E-state index in [0.717, 1.165) is 6.42 Å². The van der Waals surface area contributed by atoms with Crippen LogP contribution < -0.4 is 11.1 Å². The van der Waals surface area contributed by atoms with E-state index < -0.39 is 10.8 Å². The van der Waals surface area contributed by atoms with Crippen molar-refractivity contribution in [1.82, 2.24) is 5.32 Å². The van der Waals surface area contributed by atoms with Gasteiger partial charge in [-0.05, 0) is 20.3 Å². The molecule has 14 heavy (non-hydrogen) atoms. The lowest BCUT2D eigenvalue weighted by Gasteiger charge is -2.09. The standard InChI is InChI=1S/C9H21N3OS/c1-7(2)12-9(10)11-6-5-8(3)14(4)13/h7-8H,5-6H2,1-4H3,(H3,10,11,12). The van der Waals surface area contributed by atoms with E-state index in [1.807, 2.05) is 20.8 Å². The Bertz CT molecular complexity index is 216. The number of aliphatic imine (C=N–C) groups is 1. The largest absolute Gasteiger partial charge is 0.370 e. The topological polar surface area (TPSA) is 67.5 Å². The minimum absolute atomic E-state index is 0.186. The van der Waals surface area contributed by atoms with Crippen molar-refractivity contribution in [2.45, 2.75) is 38.5 Å². The molecule has 0 saturated carbocycles. The first-order chi connectivity index (χ1) is 6.43. The number of rotatable bonds is 5. The Morgan fingerprint density at radius 3 is 2.50 bits per heavy atom. The zero-order chi connectivity index (χ0) is 11.1. The SMILES string of the molecule is CC(C)NC(N)=NCCC(C)S(C)=O. The van der Waals surface area contributed by atoms with E-state index in [2.05, 4.69) is 10.3 Å². The fraction of sp³-hybridized carbons (Fsp3) is 0.889. The Morgan fingerprint density at radius 1 is 1.50 bits per heavy atom. The summed E-state index contributed by atoms with van der Waals surface area (Å²) in [5.41, 5.74) is 5.60. The predicted octanol–water partition coefficient (Wildman–Crippen LogP) is 0.456. The van der Waals surface area contributed by atoms with Gasteiger partial charge >= 0.3 is 0 Å². The summed E-state index contributed by atoms with van der Waals surface area (Å²) in [4.78, 5) is 4.14. The molecule has 0 saturated heterocycles. The normalized spacial score (nSPS) is 16.8. The summed E-state index contributed by atoms with van der Waals surface area (Å²) in [5, 5.41) is 3.18. The molecule has 0 spiro atoms. The average Bonchev–Trinajstić information content (AvgIpc) is 2.02. The van der Waals surface area contributed by atoms with Crippen LogP contribution in [-0.2, 0) is 10.8 Å². The Hall–Kier alpha value is -0.580. The molecule has 0 aliphatic carbocycles. The van der Waals surface area contributed by atoms with Crippen LogP contribution in [0.5, 0.6) is 0 Å². The third kappa shape index (κ3) is 6.88. The second-order valence-corrected chi connectivity index (χ2v) is 5.47. The summed E-state index contributed by atoms with van der Waals surface area (Å²) in [5.74, 6) is 0.467. The molecule has 2 atom stereocenters. The van der Waals surface area contributed by atoms with E-state index in [-0.39, 0.29) is 5.25 Å². The van der Waals surface area contributed by atoms with E-state index >= 15 is 0 Å². The highest BCUT2D eigenvalue weighted by Gasteiger charge is 2.04. The van der Waals surface area contributed by atoms with Crippen molar-refractivity contribution in [3.63, 3.8) is 0 Å². The average molecular weight is 219 g/mol. The molecule has 0 amide bonds. The van der Waals surface area contributed by atoms with Gasteiger partial charge in [-0.25, -0.2) is 0 Å². The number of nitrogens with one attached hydrogen (secondary N) is 1. The Balaban J connectivity index is 3.75. The molecular formula is C9H21N3OS. The van der Waals surface area contributed by atoms with Gasteiger partial charge in [0.05, 0.1) is 0 Å². The lowest BCUT2D eigenvalue weighted by molar-refractivity contribution is 0.669. The third-order valence-corrected chi connectivity index (χ3v) is 3.19. The van der Waals surface area contributed by atoms with Crippen molar-refractivity contribution in [2.75, 3.05) is 12.8 Å². The molecule has 0 aromatic carbocycles. The molecule has 2 unspecified atom stereocenters. The molecule has 0 bridgehead atoms. The molecule has 0 radical (unpaired) electrons. The zero-order valence-corrected chi connectivity index (χ0v) is 10.2. The van der Waals surface area contributed by atoms with Crippen LogP contribution in [0, 0.1) is 0 Å². The van der Waals surface area contributed by atoms with Crippen LogP contribution in [0.1, 0.15) is 27.2 Å². The fourth-order valence-corrected chi connectivity index (χ4v) is 1.31. The van der Waals surface area contributed by atoms with Gasteiger partial charge in [0.25, 0.3) is 0 Å². The molecule has 3 N–H and O–H groups in total. The van der Waals surface area contributed by atoms with Crippen molar-refractivity contribution >= 4 is 16.8 Å². The highest BCUT2D eigenvalue weighted by atomic mass is 32.2. The van der Waals surface area contributed by atoms with Gasteiger partial charge in [0.15, 0.2) is 5.96 Å². The molecule has 0 aliphatic heterocycles. The van der Waals surface area contributed by atoms with Gasteiger partial charge in [0, 0.05) is 34.9 Å². The monoisotopic (exact) mass is 219 g/mol. The maximum Gasteiger partial charge on any atom is 0.188 e. The first-order valence-electron chi connectivity index (χ1n) is 4.82. The van der Waals surface area contributed by atoms with E-state index in [0.29, 0.717) is 18.5 Å². The van der Waals surface area contributed by atoms with Gasteiger partial charge in [-0.1, -0.05) is 6.92 Å². The summed E-state index contributed by atoms with van der Waals surface area (Å²) in [6.45, 7) is 6.60. The second kappa shape index (κ2) is 6.81. The van der Waals surface area contributed by atoms with Gasteiger partial charge in [-0.15, -0.1) is 0 Å². The lowest BCUT2D eigenvalue weighted by atomic mass is 10.3. The minimum Gasteiger partial charge on any atom is -0.370 e. The quantitative estimate of drug-likeness (QED) is 0.521. The molecule has 84 valence electrons. The van der Waals surface area contributed by atoms with Crippen molar-refractivity contribution in [3.05, 3.63) is 0 Å². The molecule has 0 rings (SSSR count). The predicted molar refractivity (Wildman–Crippen MR) is 62.9 cm³/mol. The summed E-state index contributed by atoms with van der Waals surface area (Å²) < 4.78 is 11.0. The number of hydrogen-bond donors (Lipinski definition) is 2. The molecule has 0 heterocycles. The summed E-state index contributed by atoms with van der Waals surface area (Å²) in [6.07, 6.45) is 2.52. The van der Waals surface area contributed by atoms with Crippen molar-refractivity contribution < 1.29 is 4.21 Å². The van der Waals surface area contributed by atoms with Crippen molar-refractivity contribution in [2.24, 2.45) is 10.7 Å². The van der Waals surface area contributed by atoms with Gasteiger partial charge in [-0.3, -0.25) is 9.20 Å². The van der Waals surface area contributed by atoms with E-state index in [9.17, 15) is 4.21 Å². The summed E-state index contributed by atoms with van der Waals surface area (Å²) >= 11 is 0. The van der Waals surface area contributed by atoms with Gasteiger partial charge in [0.2, 0.25) is 0 Å². The summed E-state index contributed by atoms with van der Waals surface area (Å²) in [7, 11) is -0.766. The van der Waals surface area contributed by atoms with E-state index in [1.165, 1.54) is 0 Å². The molecule has 0 aromatic rings. The molecule has 5 heteroatoms.